The van der Waals surface area contributed by atoms with Crippen molar-refractivity contribution < 1.29 is 14.3 Å². The van der Waals surface area contributed by atoms with Gasteiger partial charge in [0, 0.05) is 5.56 Å². The zero-order valence-corrected chi connectivity index (χ0v) is 13.5. The van der Waals surface area contributed by atoms with Gasteiger partial charge in [0.1, 0.15) is 11.5 Å². The minimum Gasteiger partial charge on any atom is -0.496 e. The number of nitrogens with zero attached hydrogens (tertiary/aromatic N) is 1. The van der Waals surface area contributed by atoms with Gasteiger partial charge in [0.25, 0.3) is 5.91 Å². The summed E-state index contributed by atoms with van der Waals surface area (Å²) in [6, 6.07) is 13.3. The standard InChI is InChI=1S/C18H20N2O3/c1-13-7-6-8-14(2)18(13)23-12-17(21)20-19-11-15-9-4-5-10-16(15)22-3/h4-11H,12H2,1-3H3,(H,20,21)/b19-11+. The molecule has 5 nitrogen and oxygen atoms in total. The molecular formula is C18H20N2O3. The van der Waals surface area contributed by atoms with Crippen LogP contribution in [0.5, 0.6) is 11.5 Å². The first kappa shape index (κ1) is 16.5. The minimum atomic E-state index is -0.321. The number of hydrazone groups is 1. The molecule has 0 aliphatic rings. The van der Waals surface area contributed by atoms with Crippen molar-refractivity contribution >= 4 is 12.1 Å². The Labute approximate surface area is 135 Å². The average molecular weight is 312 g/mol. The van der Waals surface area contributed by atoms with Crippen molar-refractivity contribution in [2.24, 2.45) is 5.10 Å². The Morgan fingerprint density at radius 1 is 1.13 bits per heavy atom. The maximum Gasteiger partial charge on any atom is 0.277 e. The van der Waals surface area contributed by atoms with Gasteiger partial charge in [0.05, 0.1) is 13.3 Å². The molecule has 2 aromatic rings. The van der Waals surface area contributed by atoms with E-state index in [1.165, 1.54) is 6.21 Å². The SMILES string of the molecule is COc1ccccc1/C=N/NC(=O)COc1c(C)cccc1C. The lowest BCUT2D eigenvalue weighted by molar-refractivity contribution is -0.123. The highest BCUT2D eigenvalue weighted by Gasteiger charge is 2.06. The summed E-state index contributed by atoms with van der Waals surface area (Å²) in [5.41, 5.74) is 5.22. The lowest BCUT2D eigenvalue weighted by Gasteiger charge is -2.10. The molecule has 120 valence electrons. The predicted molar refractivity (Wildman–Crippen MR) is 90.1 cm³/mol. The van der Waals surface area contributed by atoms with Crippen LogP contribution in [0.1, 0.15) is 16.7 Å². The summed E-state index contributed by atoms with van der Waals surface area (Å²) < 4.78 is 10.8. The second-order valence-corrected chi connectivity index (χ2v) is 5.04. The number of ether oxygens (including phenoxy) is 2. The van der Waals surface area contributed by atoms with Crippen LogP contribution in [0.4, 0.5) is 0 Å². The second-order valence-electron chi connectivity index (χ2n) is 5.04. The molecule has 0 unspecified atom stereocenters. The fourth-order valence-corrected chi connectivity index (χ4v) is 2.14. The van der Waals surface area contributed by atoms with Crippen molar-refractivity contribution in [1.82, 2.24) is 5.43 Å². The van der Waals surface area contributed by atoms with E-state index in [-0.39, 0.29) is 12.5 Å². The highest BCUT2D eigenvalue weighted by atomic mass is 16.5. The number of benzene rings is 2. The number of amides is 1. The monoisotopic (exact) mass is 312 g/mol. The molecule has 0 spiro atoms. The summed E-state index contributed by atoms with van der Waals surface area (Å²) in [5.74, 6) is 1.10. The molecule has 0 aliphatic heterocycles. The molecule has 0 bridgehead atoms. The number of nitrogens with one attached hydrogen (secondary N) is 1. The molecule has 0 saturated carbocycles. The first-order valence-corrected chi connectivity index (χ1v) is 7.25. The molecular weight excluding hydrogens is 292 g/mol. The molecule has 0 aliphatic carbocycles. The highest BCUT2D eigenvalue weighted by Crippen LogP contribution is 2.22. The Hall–Kier alpha value is -2.82. The van der Waals surface area contributed by atoms with Crippen LogP contribution in [-0.4, -0.2) is 25.8 Å². The summed E-state index contributed by atoms with van der Waals surface area (Å²) in [6.07, 6.45) is 1.54. The number of aryl methyl sites for hydroxylation is 2. The van der Waals surface area contributed by atoms with Crippen molar-refractivity contribution in [2.45, 2.75) is 13.8 Å². The minimum absolute atomic E-state index is 0.0883. The number of hydrogen-bond donors (Lipinski definition) is 1. The Bertz CT molecular complexity index is 691. The normalized spacial score (nSPS) is 10.6. The van der Waals surface area contributed by atoms with Crippen LogP contribution in [0.15, 0.2) is 47.6 Å². The lowest BCUT2D eigenvalue weighted by Crippen LogP contribution is -2.25. The Morgan fingerprint density at radius 2 is 1.83 bits per heavy atom. The van der Waals surface area contributed by atoms with E-state index >= 15 is 0 Å². The quantitative estimate of drug-likeness (QED) is 0.659. The topological polar surface area (TPSA) is 59.9 Å². The third kappa shape index (κ3) is 4.57. The Morgan fingerprint density at radius 3 is 2.52 bits per heavy atom. The van der Waals surface area contributed by atoms with Gasteiger partial charge in [-0.15, -0.1) is 0 Å². The average Bonchev–Trinajstić information content (AvgIpc) is 2.55. The number of rotatable bonds is 6. The molecule has 23 heavy (non-hydrogen) atoms. The van der Waals surface area contributed by atoms with Crippen molar-refractivity contribution in [3.8, 4) is 11.5 Å². The molecule has 0 heterocycles. The van der Waals surface area contributed by atoms with Gasteiger partial charge in [-0.3, -0.25) is 4.79 Å². The van der Waals surface area contributed by atoms with Gasteiger partial charge in [-0.2, -0.15) is 5.10 Å². The molecule has 1 amide bonds. The van der Waals surface area contributed by atoms with Crippen LogP contribution >= 0.6 is 0 Å². The van der Waals surface area contributed by atoms with Gasteiger partial charge in [-0.1, -0.05) is 30.3 Å². The molecule has 0 aromatic heterocycles. The lowest BCUT2D eigenvalue weighted by atomic mass is 10.1. The molecule has 2 aromatic carbocycles. The first-order valence-electron chi connectivity index (χ1n) is 7.25. The number of hydrogen-bond acceptors (Lipinski definition) is 4. The zero-order chi connectivity index (χ0) is 16.7. The molecule has 0 atom stereocenters. The Balaban J connectivity index is 1.89. The van der Waals surface area contributed by atoms with Crippen LogP contribution in [0.25, 0.3) is 0 Å². The summed E-state index contributed by atoms with van der Waals surface area (Å²) in [4.78, 5) is 11.8. The van der Waals surface area contributed by atoms with Crippen LogP contribution in [0.2, 0.25) is 0 Å². The number of para-hydroxylation sites is 2. The van der Waals surface area contributed by atoms with E-state index in [9.17, 15) is 4.79 Å². The van der Waals surface area contributed by atoms with Gasteiger partial charge in [-0.05, 0) is 37.1 Å². The van der Waals surface area contributed by atoms with Crippen LogP contribution in [0, 0.1) is 13.8 Å². The number of carbonyl (C=O) groups excluding carboxylic acids is 1. The van der Waals surface area contributed by atoms with Crippen molar-refractivity contribution in [2.75, 3.05) is 13.7 Å². The largest absolute Gasteiger partial charge is 0.496 e. The molecule has 1 N–H and O–H groups in total. The van der Waals surface area contributed by atoms with Crippen molar-refractivity contribution in [1.29, 1.82) is 0 Å². The van der Waals surface area contributed by atoms with Gasteiger partial charge in [0.2, 0.25) is 0 Å². The van der Waals surface area contributed by atoms with Gasteiger partial charge < -0.3 is 9.47 Å². The van der Waals surface area contributed by atoms with Gasteiger partial charge >= 0.3 is 0 Å². The summed E-state index contributed by atoms with van der Waals surface area (Å²) in [6.45, 7) is 3.80. The predicted octanol–water partition coefficient (Wildman–Crippen LogP) is 2.84. The molecule has 0 saturated heterocycles. The summed E-state index contributed by atoms with van der Waals surface area (Å²) >= 11 is 0. The van der Waals surface area contributed by atoms with E-state index in [2.05, 4.69) is 10.5 Å². The second kappa shape index (κ2) is 7.98. The van der Waals surface area contributed by atoms with E-state index in [4.69, 9.17) is 9.47 Å². The molecule has 2 rings (SSSR count). The van der Waals surface area contributed by atoms with E-state index in [0.29, 0.717) is 5.75 Å². The highest BCUT2D eigenvalue weighted by molar-refractivity contribution is 5.85. The van der Waals surface area contributed by atoms with E-state index in [1.807, 2.05) is 56.3 Å². The van der Waals surface area contributed by atoms with Crippen LogP contribution in [-0.2, 0) is 4.79 Å². The first-order chi connectivity index (χ1) is 11.1. The van der Waals surface area contributed by atoms with Crippen LogP contribution < -0.4 is 14.9 Å². The maximum atomic E-state index is 11.8. The van der Waals surface area contributed by atoms with Crippen LogP contribution in [0.3, 0.4) is 0 Å². The maximum absolute atomic E-state index is 11.8. The fourth-order valence-electron chi connectivity index (χ4n) is 2.14. The zero-order valence-electron chi connectivity index (χ0n) is 13.5. The van der Waals surface area contributed by atoms with Crippen molar-refractivity contribution in [3.05, 3.63) is 59.2 Å². The van der Waals surface area contributed by atoms with Crippen molar-refractivity contribution in [3.63, 3.8) is 0 Å². The number of methoxy groups -OCH3 is 1. The third-order valence-electron chi connectivity index (χ3n) is 3.29. The summed E-state index contributed by atoms with van der Waals surface area (Å²) in [7, 11) is 1.59. The third-order valence-corrected chi connectivity index (χ3v) is 3.29. The molecule has 0 radical (unpaired) electrons. The Kier molecular flexibility index (Phi) is 5.74. The number of carbonyl (C=O) groups is 1. The fraction of sp³-hybridized carbons (Fsp3) is 0.222. The van der Waals surface area contributed by atoms with Gasteiger partial charge in [-0.25, -0.2) is 5.43 Å². The van der Waals surface area contributed by atoms with E-state index < -0.39 is 0 Å². The van der Waals surface area contributed by atoms with E-state index in [1.54, 1.807) is 7.11 Å². The van der Waals surface area contributed by atoms with Gasteiger partial charge in [0.15, 0.2) is 6.61 Å². The summed E-state index contributed by atoms with van der Waals surface area (Å²) in [5, 5.41) is 3.92. The van der Waals surface area contributed by atoms with E-state index in [0.717, 1.165) is 22.4 Å². The molecule has 0 fully saturated rings. The molecule has 5 heteroatoms. The smallest absolute Gasteiger partial charge is 0.277 e.